The Morgan fingerprint density at radius 2 is 1.88 bits per heavy atom. The lowest BCUT2D eigenvalue weighted by atomic mass is 9.92. The van der Waals surface area contributed by atoms with Crippen molar-refractivity contribution in [2.24, 2.45) is 10.4 Å². The molecule has 0 aromatic heterocycles. The molecule has 1 spiro atoms. The van der Waals surface area contributed by atoms with Crippen molar-refractivity contribution in [3.63, 3.8) is 0 Å². The minimum atomic E-state index is -1.61. The largest absolute Gasteiger partial charge is 0.461 e. The maximum atomic E-state index is 13.1. The van der Waals surface area contributed by atoms with Crippen molar-refractivity contribution >= 4 is 29.2 Å². The van der Waals surface area contributed by atoms with Crippen LogP contribution < -0.4 is 4.90 Å². The van der Waals surface area contributed by atoms with Gasteiger partial charge >= 0.3 is 5.97 Å². The van der Waals surface area contributed by atoms with Gasteiger partial charge in [0, 0.05) is 6.42 Å². The number of nitrogens with zero attached hydrogens (tertiary/aromatic N) is 4. The van der Waals surface area contributed by atoms with Crippen LogP contribution >= 0.6 is 0 Å². The van der Waals surface area contributed by atoms with Crippen LogP contribution in [0.2, 0.25) is 0 Å². The van der Waals surface area contributed by atoms with E-state index in [1.165, 1.54) is 0 Å². The number of hydrazone groups is 1. The minimum Gasteiger partial charge on any atom is -0.461 e. The summed E-state index contributed by atoms with van der Waals surface area (Å²) >= 11 is 0. The van der Waals surface area contributed by atoms with Crippen LogP contribution in [0.1, 0.15) is 30.9 Å². The van der Waals surface area contributed by atoms with Crippen LogP contribution in [0.15, 0.2) is 28.6 Å². The number of anilines is 1. The average Bonchev–Trinajstić information content (AvgIpc) is 3.05. The zero-order chi connectivity index (χ0) is 19.1. The second kappa shape index (κ2) is 6.32. The molecule has 0 radical (unpaired) electrons. The Balaban J connectivity index is 1.97. The maximum Gasteiger partial charge on any atom is 0.354 e. The van der Waals surface area contributed by atoms with Gasteiger partial charge in [-0.3, -0.25) is 9.59 Å². The van der Waals surface area contributed by atoms with Gasteiger partial charge in [0.15, 0.2) is 11.3 Å². The van der Waals surface area contributed by atoms with E-state index in [1.807, 2.05) is 19.9 Å². The lowest BCUT2D eigenvalue weighted by Gasteiger charge is -2.25. The number of imide groups is 1. The molecule has 0 N–H and O–H groups in total. The Labute approximate surface area is 149 Å². The van der Waals surface area contributed by atoms with E-state index in [9.17, 15) is 19.3 Å². The van der Waals surface area contributed by atoms with E-state index in [0.29, 0.717) is 10.8 Å². The molecule has 1 aromatic rings. The molecule has 1 saturated heterocycles. The van der Waals surface area contributed by atoms with Crippen LogP contribution in [0.25, 0.3) is 0 Å². The Kier molecular flexibility index (Phi) is 4.31. The number of carbonyl (C=O) groups excluding carboxylic acids is 3. The first-order valence-corrected chi connectivity index (χ1v) is 8.16. The van der Waals surface area contributed by atoms with Crippen molar-refractivity contribution in [3.05, 3.63) is 34.2 Å². The molecule has 3 rings (SSSR count). The summed E-state index contributed by atoms with van der Waals surface area (Å²) in [4.78, 5) is 49.9. The second-order valence-corrected chi connectivity index (χ2v) is 6.40. The smallest absolute Gasteiger partial charge is 0.354 e. The first-order chi connectivity index (χ1) is 12.3. The third kappa shape index (κ3) is 2.65. The third-order valence-corrected chi connectivity index (χ3v) is 4.41. The summed E-state index contributed by atoms with van der Waals surface area (Å²) < 4.78 is 4.88. The number of carbonyl (C=O) groups is 3. The van der Waals surface area contributed by atoms with Gasteiger partial charge in [0.1, 0.15) is 0 Å². The molecular weight excluding hydrogens is 340 g/mol. The Morgan fingerprint density at radius 1 is 1.23 bits per heavy atom. The zero-order valence-corrected chi connectivity index (χ0v) is 14.7. The first kappa shape index (κ1) is 17.7. The molecule has 2 aliphatic heterocycles. The summed E-state index contributed by atoms with van der Waals surface area (Å²) in [5.74, 6) is -1.84. The van der Waals surface area contributed by atoms with Crippen LogP contribution in [-0.2, 0) is 19.1 Å². The topological polar surface area (TPSA) is 109 Å². The number of amides is 2. The minimum absolute atomic E-state index is 0.102. The fourth-order valence-corrected chi connectivity index (χ4v) is 3.38. The number of ether oxygens (including phenoxy) is 1. The van der Waals surface area contributed by atoms with Crippen molar-refractivity contribution in [1.29, 1.82) is 0 Å². The summed E-state index contributed by atoms with van der Waals surface area (Å²) in [7, 11) is 0. The van der Waals surface area contributed by atoms with Crippen LogP contribution in [0.5, 0.6) is 0 Å². The maximum absolute atomic E-state index is 13.1. The van der Waals surface area contributed by atoms with Crippen molar-refractivity contribution in [3.8, 4) is 0 Å². The van der Waals surface area contributed by atoms with Gasteiger partial charge < -0.3 is 4.74 Å². The van der Waals surface area contributed by atoms with Gasteiger partial charge in [0.05, 0.1) is 24.0 Å². The number of hydrogen-bond donors (Lipinski definition) is 0. The van der Waals surface area contributed by atoms with E-state index < -0.39 is 23.3 Å². The van der Waals surface area contributed by atoms with Gasteiger partial charge in [0.25, 0.3) is 5.91 Å². The van der Waals surface area contributed by atoms with E-state index in [2.05, 4.69) is 10.4 Å². The Hall–Kier alpha value is -3.10. The van der Waals surface area contributed by atoms with E-state index in [1.54, 1.807) is 19.1 Å². The molecule has 2 aliphatic rings. The monoisotopic (exact) mass is 358 g/mol. The highest BCUT2D eigenvalue weighted by Crippen LogP contribution is 2.41. The molecule has 0 aliphatic carbocycles. The SMILES string of the molecule is CCOC(=O)C1=NN(N=O)[C@]2(CC(=O)N(c3cc(C)cc(C)c3)C2=O)C1. The number of aryl methyl sites for hydroxylation is 2. The van der Waals surface area contributed by atoms with Crippen molar-refractivity contribution < 1.29 is 19.1 Å². The van der Waals surface area contributed by atoms with E-state index in [-0.39, 0.29) is 25.2 Å². The summed E-state index contributed by atoms with van der Waals surface area (Å²) in [5, 5.41) is 7.18. The number of hydrogen-bond acceptors (Lipinski definition) is 7. The quantitative estimate of drug-likeness (QED) is 0.459. The average molecular weight is 358 g/mol. The predicted octanol–water partition coefficient (Wildman–Crippen LogP) is 1.61. The van der Waals surface area contributed by atoms with Gasteiger partial charge in [-0.25, -0.2) is 9.69 Å². The summed E-state index contributed by atoms with van der Waals surface area (Å²) in [6.07, 6.45) is -0.500. The Bertz CT molecular complexity index is 829. The van der Waals surface area contributed by atoms with Gasteiger partial charge in [0.2, 0.25) is 5.91 Å². The zero-order valence-electron chi connectivity index (χ0n) is 14.7. The standard InChI is InChI=1S/C17H18N4O5/c1-4-26-15(23)13-8-17(21(18-13)19-25)9-14(22)20(16(17)24)12-6-10(2)5-11(3)7-12/h5-7H,4,8-9H2,1-3H3/t17-/m0/s1. The lowest BCUT2D eigenvalue weighted by Crippen LogP contribution is -2.48. The molecule has 26 heavy (non-hydrogen) atoms. The molecule has 1 fully saturated rings. The molecule has 2 amide bonds. The fraction of sp³-hybridized carbons (Fsp3) is 0.412. The summed E-state index contributed by atoms with van der Waals surface area (Å²) in [6.45, 7) is 5.47. The molecule has 1 aromatic carbocycles. The normalized spacial score (nSPS) is 22.2. The van der Waals surface area contributed by atoms with Gasteiger partial charge in [-0.1, -0.05) is 6.07 Å². The summed E-state index contributed by atoms with van der Waals surface area (Å²) in [6, 6.07) is 5.34. The lowest BCUT2D eigenvalue weighted by molar-refractivity contribution is -0.135. The van der Waals surface area contributed by atoms with Crippen molar-refractivity contribution in [2.75, 3.05) is 11.5 Å². The highest BCUT2D eigenvalue weighted by molar-refractivity contribution is 6.39. The van der Waals surface area contributed by atoms with Crippen molar-refractivity contribution in [1.82, 2.24) is 5.12 Å². The highest BCUT2D eigenvalue weighted by Gasteiger charge is 2.61. The number of esters is 1. The molecule has 0 unspecified atom stereocenters. The third-order valence-electron chi connectivity index (χ3n) is 4.41. The van der Waals surface area contributed by atoms with E-state index in [4.69, 9.17) is 4.74 Å². The molecule has 2 heterocycles. The number of benzene rings is 1. The molecular formula is C17H18N4O5. The Morgan fingerprint density at radius 3 is 2.46 bits per heavy atom. The van der Waals surface area contributed by atoms with Crippen LogP contribution in [-0.4, -0.2) is 40.8 Å². The highest BCUT2D eigenvalue weighted by atomic mass is 16.5. The van der Waals surface area contributed by atoms with Gasteiger partial charge in [-0.05, 0) is 44.0 Å². The summed E-state index contributed by atoms with van der Waals surface area (Å²) in [5.41, 5.74) is 0.488. The molecule has 9 nitrogen and oxygen atoms in total. The molecule has 0 saturated carbocycles. The molecule has 1 atom stereocenters. The van der Waals surface area contributed by atoms with E-state index in [0.717, 1.165) is 16.0 Å². The van der Waals surface area contributed by atoms with Crippen molar-refractivity contribution in [2.45, 2.75) is 39.2 Å². The van der Waals surface area contributed by atoms with E-state index >= 15 is 0 Å². The predicted molar refractivity (Wildman–Crippen MR) is 92.1 cm³/mol. The molecule has 9 heteroatoms. The van der Waals surface area contributed by atoms with Crippen LogP contribution in [0.4, 0.5) is 5.69 Å². The number of rotatable bonds is 4. The first-order valence-electron chi connectivity index (χ1n) is 8.16. The van der Waals surface area contributed by atoms with Crippen LogP contribution in [0.3, 0.4) is 0 Å². The molecule has 0 bridgehead atoms. The second-order valence-electron chi connectivity index (χ2n) is 6.40. The van der Waals surface area contributed by atoms with Gasteiger partial charge in [-0.2, -0.15) is 0 Å². The van der Waals surface area contributed by atoms with Gasteiger partial charge in [-0.15, -0.1) is 15.1 Å². The fourth-order valence-electron chi connectivity index (χ4n) is 3.38. The number of nitroso groups, excluding NO2 is 1. The molecule has 136 valence electrons. The van der Waals surface area contributed by atoms with Crippen LogP contribution in [0, 0.1) is 18.8 Å².